The number of aromatic nitrogens is 2. The van der Waals surface area contributed by atoms with Gasteiger partial charge in [-0.1, -0.05) is 27.7 Å². The summed E-state index contributed by atoms with van der Waals surface area (Å²) in [6, 6.07) is 1.08. The molecule has 12 nitrogen and oxygen atoms in total. The van der Waals surface area contributed by atoms with Crippen molar-refractivity contribution >= 4 is 45.1 Å². The summed E-state index contributed by atoms with van der Waals surface area (Å²) in [7, 11) is 0. The van der Waals surface area contributed by atoms with Crippen LogP contribution in [-0.4, -0.2) is 121 Å². The number of ether oxygens (including phenoxy) is 3. The van der Waals surface area contributed by atoms with Gasteiger partial charge in [-0.25, -0.2) is 9.97 Å². The van der Waals surface area contributed by atoms with Gasteiger partial charge in [-0.2, -0.15) is 0 Å². The molecule has 1 N–H and O–H groups in total. The number of piperidine rings is 1. The minimum Gasteiger partial charge on any atom is -0.380 e. The molecule has 1 aliphatic carbocycles. The monoisotopic (exact) mass is 736 g/mol. The van der Waals surface area contributed by atoms with Gasteiger partial charge in [0.25, 0.3) is 0 Å². The smallest absolute Gasteiger partial charge is 0.247 e. The fourth-order valence-corrected chi connectivity index (χ4v) is 10.2. The van der Waals surface area contributed by atoms with Gasteiger partial charge in [-0.3, -0.25) is 14.4 Å². The van der Waals surface area contributed by atoms with Crippen LogP contribution in [0, 0.1) is 33.5 Å². The van der Waals surface area contributed by atoms with E-state index < -0.39 is 23.5 Å². The molecular weight excluding hydrogens is 681 g/mol. The molecule has 6 aliphatic heterocycles. The molecule has 4 atom stereocenters. The Hall–Kier alpha value is -2.87. The molecule has 7 fully saturated rings. The van der Waals surface area contributed by atoms with Crippen LogP contribution in [0.4, 0.5) is 5.82 Å². The van der Waals surface area contributed by atoms with Crippen LogP contribution in [0.1, 0.15) is 73.1 Å². The first-order valence-electron chi connectivity index (χ1n) is 19.4. The van der Waals surface area contributed by atoms with Crippen LogP contribution in [0.5, 0.6) is 0 Å². The second kappa shape index (κ2) is 13.5. The topological polar surface area (TPSA) is 126 Å². The molecule has 2 aromatic rings. The van der Waals surface area contributed by atoms with Crippen molar-refractivity contribution in [3.63, 3.8) is 0 Å². The summed E-state index contributed by atoms with van der Waals surface area (Å²) < 4.78 is 19.2. The maximum absolute atomic E-state index is 14.8. The summed E-state index contributed by atoms with van der Waals surface area (Å²) in [5, 5.41) is 3.28. The Bertz CT molecular complexity index is 1650. The molecular formula is C39H56N6O6S. The third kappa shape index (κ3) is 6.51. The fourth-order valence-electron chi connectivity index (χ4n) is 9.44. The van der Waals surface area contributed by atoms with Crippen molar-refractivity contribution in [2.24, 2.45) is 33.5 Å². The number of nitrogens with zero attached hydrogens (tertiary/aromatic N) is 5. The number of carbonyl (C=O) groups excluding carboxylic acids is 3. The summed E-state index contributed by atoms with van der Waals surface area (Å²) in [5.74, 6) is 0.0876. The van der Waals surface area contributed by atoms with E-state index in [2.05, 4.69) is 36.0 Å². The molecule has 284 valence electrons. The van der Waals surface area contributed by atoms with Gasteiger partial charge >= 0.3 is 0 Å². The minimum atomic E-state index is -0.829. The van der Waals surface area contributed by atoms with Crippen molar-refractivity contribution in [3.05, 3.63) is 17.8 Å². The van der Waals surface area contributed by atoms with Gasteiger partial charge in [0.15, 0.2) is 0 Å². The van der Waals surface area contributed by atoms with Crippen molar-refractivity contribution in [2.75, 3.05) is 70.6 Å². The Morgan fingerprint density at radius 2 is 1.73 bits per heavy atom. The Morgan fingerprint density at radius 3 is 2.37 bits per heavy atom. The zero-order valence-electron chi connectivity index (χ0n) is 31.5. The SMILES string of the molecule is C[C@H](C(=O)N1CC2(C1)CN(c1nccc3ncsc13)C[C@H]2C(=O)N[C@H](C(=O)N1CCC2(CC1)COC2)[C@@H](C)OCC12CCC(CC1)OC2)C(C)(C)C. The number of hydrogen-bond donors (Lipinski definition) is 1. The average Bonchev–Trinajstić information content (AvgIpc) is 3.77. The van der Waals surface area contributed by atoms with Crippen LogP contribution in [0.15, 0.2) is 17.8 Å². The van der Waals surface area contributed by atoms with Gasteiger partial charge in [0.1, 0.15) is 11.9 Å². The largest absolute Gasteiger partial charge is 0.380 e. The molecule has 7 aliphatic rings. The van der Waals surface area contributed by atoms with Crippen LogP contribution in [-0.2, 0) is 28.6 Å². The summed E-state index contributed by atoms with van der Waals surface area (Å²) >= 11 is 1.55. The quantitative estimate of drug-likeness (QED) is 0.405. The average molecular weight is 737 g/mol. The molecule has 1 saturated carbocycles. The third-order valence-electron chi connectivity index (χ3n) is 13.7. The fraction of sp³-hybridized carbons (Fsp3) is 0.769. The van der Waals surface area contributed by atoms with Crippen LogP contribution >= 0.6 is 11.3 Å². The van der Waals surface area contributed by atoms with Gasteiger partial charge in [-0.05, 0) is 56.9 Å². The molecule has 9 rings (SSSR count). The van der Waals surface area contributed by atoms with Gasteiger partial charge < -0.3 is 34.2 Å². The van der Waals surface area contributed by atoms with Crippen LogP contribution in [0.25, 0.3) is 10.2 Å². The molecule has 0 unspecified atom stereocenters. The number of nitrogens with one attached hydrogen (secondary N) is 1. The summed E-state index contributed by atoms with van der Waals surface area (Å²) in [6.07, 6.45) is 7.65. The molecule has 2 bridgehead atoms. The summed E-state index contributed by atoms with van der Waals surface area (Å²) in [4.78, 5) is 58.2. The minimum absolute atomic E-state index is 0.0326. The highest BCUT2D eigenvalue weighted by molar-refractivity contribution is 7.17. The maximum Gasteiger partial charge on any atom is 0.247 e. The highest BCUT2D eigenvalue weighted by Crippen LogP contribution is 2.48. The predicted molar refractivity (Wildman–Crippen MR) is 198 cm³/mol. The van der Waals surface area contributed by atoms with E-state index in [0.29, 0.717) is 58.6 Å². The number of rotatable bonds is 9. The Kier molecular flexibility index (Phi) is 9.35. The Morgan fingerprint density at radius 1 is 1.00 bits per heavy atom. The number of likely N-dealkylation sites (tertiary alicyclic amines) is 2. The predicted octanol–water partition coefficient (Wildman–Crippen LogP) is 4.13. The van der Waals surface area contributed by atoms with E-state index in [9.17, 15) is 14.4 Å². The lowest BCUT2D eigenvalue weighted by molar-refractivity contribution is -0.165. The first-order valence-corrected chi connectivity index (χ1v) is 20.3. The highest BCUT2D eigenvalue weighted by Gasteiger charge is 2.59. The van der Waals surface area contributed by atoms with Gasteiger partial charge in [-0.15, -0.1) is 11.3 Å². The van der Waals surface area contributed by atoms with E-state index in [0.717, 1.165) is 67.8 Å². The number of thiazole rings is 1. The van der Waals surface area contributed by atoms with E-state index in [1.807, 2.05) is 35.2 Å². The zero-order valence-corrected chi connectivity index (χ0v) is 32.3. The lowest BCUT2D eigenvalue weighted by Crippen LogP contribution is -2.66. The number of anilines is 1. The number of amides is 3. The van der Waals surface area contributed by atoms with Gasteiger partial charge in [0, 0.05) is 67.6 Å². The van der Waals surface area contributed by atoms with Crippen LogP contribution < -0.4 is 10.2 Å². The normalized spacial score (nSPS) is 29.5. The first-order chi connectivity index (χ1) is 24.8. The molecule has 52 heavy (non-hydrogen) atoms. The van der Waals surface area contributed by atoms with Crippen molar-refractivity contribution < 1.29 is 28.6 Å². The lowest BCUT2D eigenvalue weighted by atomic mass is 9.69. The van der Waals surface area contributed by atoms with Crippen LogP contribution in [0.3, 0.4) is 0 Å². The molecule has 2 spiro atoms. The first kappa shape index (κ1) is 36.1. The molecule has 0 aromatic carbocycles. The highest BCUT2D eigenvalue weighted by atomic mass is 32.1. The van der Waals surface area contributed by atoms with E-state index in [4.69, 9.17) is 19.2 Å². The number of hydrogen-bond acceptors (Lipinski definition) is 10. The molecule has 13 heteroatoms. The van der Waals surface area contributed by atoms with Gasteiger partial charge in [0.05, 0.1) is 60.3 Å². The maximum atomic E-state index is 14.8. The second-order valence-corrected chi connectivity index (χ2v) is 19.1. The summed E-state index contributed by atoms with van der Waals surface area (Å²) in [5.41, 5.74) is 2.22. The summed E-state index contributed by atoms with van der Waals surface area (Å²) in [6.45, 7) is 16.2. The van der Waals surface area contributed by atoms with Crippen molar-refractivity contribution in [2.45, 2.75) is 91.4 Å². The lowest BCUT2D eigenvalue weighted by Gasteiger charge is -2.52. The number of carbonyl (C=O) groups is 3. The van der Waals surface area contributed by atoms with Crippen molar-refractivity contribution in [3.8, 4) is 0 Å². The zero-order chi connectivity index (χ0) is 36.5. The van der Waals surface area contributed by atoms with E-state index >= 15 is 0 Å². The van der Waals surface area contributed by atoms with Crippen molar-refractivity contribution in [1.82, 2.24) is 25.1 Å². The molecule has 3 amide bonds. The van der Waals surface area contributed by atoms with E-state index in [1.165, 1.54) is 0 Å². The van der Waals surface area contributed by atoms with Crippen LogP contribution in [0.2, 0.25) is 0 Å². The molecule has 0 radical (unpaired) electrons. The molecule has 2 aromatic heterocycles. The molecule has 8 heterocycles. The number of fused-ring (bicyclic) bond motifs is 4. The van der Waals surface area contributed by atoms with Gasteiger partial charge in [0.2, 0.25) is 17.7 Å². The van der Waals surface area contributed by atoms with Crippen molar-refractivity contribution in [1.29, 1.82) is 0 Å². The molecule has 6 saturated heterocycles. The van der Waals surface area contributed by atoms with E-state index in [-0.39, 0.29) is 39.9 Å². The van der Waals surface area contributed by atoms with E-state index in [1.54, 1.807) is 17.5 Å². The second-order valence-electron chi connectivity index (χ2n) is 18.2. The Labute approximate surface area is 311 Å². The standard InChI is InChI=1S/C39H56N6O6S/c1-25(36(3,4)5)34(47)45-18-39(19-45)17-44(32-31-29(8-13-40-32)41-24-52-31)16-28(39)33(46)42-30(35(48)43-14-11-38(12-15-43)20-49-21-38)26(2)50-22-37-9-6-27(7-10-37)51-23-37/h8,13,24-28,30H,6-7,9-12,14-23H2,1-5H3,(H,42,46)/t25-,26-,27?,28+,30+,37?/m1/s1. The third-order valence-corrected chi connectivity index (χ3v) is 14.6. The Balaban J connectivity index is 1.04. The number of pyridine rings is 1.